The van der Waals surface area contributed by atoms with E-state index in [2.05, 4.69) is 9.97 Å². The van der Waals surface area contributed by atoms with E-state index in [1.165, 1.54) is 0 Å². The number of hydrogen-bond acceptors (Lipinski definition) is 5. The van der Waals surface area contributed by atoms with E-state index in [0.717, 1.165) is 5.56 Å². The summed E-state index contributed by atoms with van der Waals surface area (Å²) in [6.45, 7) is 1.93. The first-order valence-electron chi connectivity index (χ1n) is 6.52. The lowest BCUT2D eigenvalue weighted by molar-refractivity contribution is 0.373. The Morgan fingerprint density at radius 1 is 1.23 bits per heavy atom. The van der Waals surface area contributed by atoms with Gasteiger partial charge in [-0.25, -0.2) is 4.79 Å². The monoisotopic (exact) mass is 296 g/mol. The highest BCUT2D eigenvalue weighted by atomic mass is 16.5. The number of hydrogen-bond donors (Lipinski definition) is 3. The fourth-order valence-electron chi connectivity index (χ4n) is 2.48. The zero-order chi connectivity index (χ0) is 15.9. The van der Waals surface area contributed by atoms with Gasteiger partial charge in [0.25, 0.3) is 5.56 Å². The van der Waals surface area contributed by atoms with Crippen molar-refractivity contribution in [2.24, 2.45) is 5.73 Å². The average Bonchev–Trinajstić information content (AvgIpc) is 2.46. The molecular formula is C15H12N4O3. The standard InChI is InChI=1S/C15H12N4O3/c1-7-2-4-8(5-3-7)10-9(6-16)12(17)22-14-11(10)13(20)18-15(21)19-14/h2-5,10H,17H2,1H3,(H2,18,19,20,21)/t10-/m0/s1. The van der Waals surface area contributed by atoms with Crippen LogP contribution in [0.25, 0.3) is 0 Å². The van der Waals surface area contributed by atoms with Crippen LogP contribution in [0.5, 0.6) is 5.88 Å². The van der Waals surface area contributed by atoms with Crippen LogP contribution in [-0.4, -0.2) is 9.97 Å². The lowest BCUT2D eigenvalue weighted by Gasteiger charge is -2.24. The smallest absolute Gasteiger partial charge is 0.328 e. The number of aromatic amines is 2. The number of nitriles is 1. The average molecular weight is 296 g/mol. The van der Waals surface area contributed by atoms with Gasteiger partial charge in [-0.1, -0.05) is 29.8 Å². The molecule has 1 aliphatic rings. The molecule has 7 nitrogen and oxygen atoms in total. The summed E-state index contributed by atoms with van der Waals surface area (Å²) in [5.74, 6) is -0.840. The quantitative estimate of drug-likeness (QED) is 0.710. The molecule has 0 aliphatic carbocycles. The van der Waals surface area contributed by atoms with Crippen LogP contribution in [0.15, 0.2) is 45.3 Å². The van der Waals surface area contributed by atoms with Crippen molar-refractivity contribution in [3.05, 3.63) is 73.3 Å². The predicted molar refractivity (Wildman–Crippen MR) is 78.2 cm³/mol. The number of ether oxygens (including phenoxy) is 1. The molecular weight excluding hydrogens is 284 g/mol. The van der Waals surface area contributed by atoms with Crippen molar-refractivity contribution < 1.29 is 4.74 Å². The minimum Gasteiger partial charge on any atom is -0.424 e. The number of aromatic nitrogens is 2. The van der Waals surface area contributed by atoms with Crippen molar-refractivity contribution in [2.75, 3.05) is 0 Å². The van der Waals surface area contributed by atoms with Gasteiger partial charge in [0.2, 0.25) is 11.8 Å². The SMILES string of the molecule is Cc1ccc([C@H]2C(C#N)=C(N)Oc3[nH]c(=O)[nH]c(=O)c32)cc1. The topological polar surface area (TPSA) is 125 Å². The molecule has 110 valence electrons. The molecule has 0 spiro atoms. The van der Waals surface area contributed by atoms with Gasteiger partial charge < -0.3 is 10.5 Å². The van der Waals surface area contributed by atoms with Gasteiger partial charge in [0.15, 0.2) is 0 Å². The molecule has 0 fully saturated rings. The maximum Gasteiger partial charge on any atom is 0.328 e. The van der Waals surface area contributed by atoms with E-state index in [0.29, 0.717) is 5.56 Å². The maximum absolute atomic E-state index is 12.2. The second kappa shape index (κ2) is 4.93. The fraction of sp³-hybridized carbons (Fsp3) is 0.133. The van der Waals surface area contributed by atoms with Crippen LogP contribution in [-0.2, 0) is 0 Å². The van der Waals surface area contributed by atoms with E-state index in [1.54, 1.807) is 0 Å². The van der Waals surface area contributed by atoms with Gasteiger partial charge >= 0.3 is 5.69 Å². The zero-order valence-corrected chi connectivity index (χ0v) is 11.6. The van der Waals surface area contributed by atoms with Crippen molar-refractivity contribution in [3.63, 3.8) is 0 Å². The van der Waals surface area contributed by atoms with E-state index in [4.69, 9.17) is 10.5 Å². The molecule has 0 radical (unpaired) electrons. The molecule has 1 atom stereocenters. The van der Waals surface area contributed by atoms with E-state index >= 15 is 0 Å². The second-order valence-corrected chi connectivity index (χ2v) is 4.99. The molecule has 0 unspecified atom stereocenters. The summed E-state index contributed by atoms with van der Waals surface area (Å²) in [4.78, 5) is 28.1. The van der Waals surface area contributed by atoms with Gasteiger partial charge in [-0.15, -0.1) is 0 Å². The van der Waals surface area contributed by atoms with Crippen LogP contribution in [0.4, 0.5) is 0 Å². The Balaban J connectivity index is 2.32. The molecule has 0 saturated carbocycles. The van der Waals surface area contributed by atoms with Crippen LogP contribution in [0.2, 0.25) is 0 Å². The Kier molecular flexibility index (Phi) is 3.07. The molecule has 1 aromatic carbocycles. The first-order valence-corrected chi connectivity index (χ1v) is 6.52. The number of fused-ring (bicyclic) bond motifs is 1. The third-order valence-corrected chi connectivity index (χ3v) is 3.53. The van der Waals surface area contributed by atoms with Gasteiger partial charge in [-0.3, -0.25) is 14.8 Å². The fourth-order valence-corrected chi connectivity index (χ4v) is 2.48. The summed E-state index contributed by atoms with van der Waals surface area (Å²) in [5.41, 5.74) is 6.51. The van der Waals surface area contributed by atoms with Gasteiger partial charge in [-0.05, 0) is 12.5 Å². The van der Waals surface area contributed by atoms with Crippen LogP contribution >= 0.6 is 0 Å². The molecule has 0 amide bonds. The molecule has 1 aromatic heterocycles. The number of H-pyrrole nitrogens is 2. The van der Waals surface area contributed by atoms with Gasteiger partial charge in [-0.2, -0.15) is 5.26 Å². The number of aryl methyl sites for hydroxylation is 1. The molecule has 1 aliphatic heterocycles. The lowest BCUT2D eigenvalue weighted by Crippen LogP contribution is -2.33. The minimum absolute atomic E-state index is 0.0316. The van der Waals surface area contributed by atoms with E-state index in [-0.39, 0.29) is 22.9 Å². The summed E-state index contributed by atoms with van der Waals surface area (Å²) in [5, 5.41) is 9.37. The summed E-state index contributed by atoms with van der Waals surface area (Å²) >= 11 is 0. The highest BCUT2D eigenvalue weighted by Gasteiger charge is 2.33. The highest BCUT2D eigenvalue weighted by molar-refractivity contribution is 5.52. The van der Waals surface area contributed by atoms with Crippen LogP contribution in [0, 0.1) is 18.3 Å². The Morgan fingerprint density at radius 2 is 1.91 bits per heavy atom. The molecule has 7 heteroatoms. The Morgan fingerprint density at radius 3 is 2.55 bits per heavy atom. The number of nitrogens with one attached hydrogen (secondary N) is 2. The number of benzene rings is 1. The number of nitrogens with zero attached hydrogens (tertiary/aromatic N) is 1. The summed E-state index contributed by atoms with van der Waals surface area (Å²) < 4.78 is 5.23. The summed E-state index contributed by atoms with van der Waals surface area (Å²) in [6.07, 6.45) is 0. The highest BCUT2D eigenvalue weighted by Crippen LogP contribution is 2.38. The van der Waals surface area contributed by atoms with Gasteiger partial charge in [0.1, 0.15) is 11.6 Å². The molecule has 0 saturated heterocycles. The first-order chi connectivity index (χ1) is 10.5. The normalized spacial score (nSPS) is 16.6. The Labute approximate surface area is 124 Å². The molecule has 22 heavy (non-hydrogen) atoms. The summed E-state index contributed by atoms with van der Waals surface area (Å²) in [7, 11) is 0. The summed E-state index contributed by atoms with van der Waals surface area (Å²) in [6, 6.07) is 9.35. The van der Waals surface area contributed by atoms with Crippen molar-refractivity contribution in [1.82, 2.24) is 9.97 Å². The molecule has 3 rings (SSSR count). The third-order valence-electron chi connectivity index (χ3n) is 3.53. The van der Waals surface area contributed by atoms with Crippen molar-refractivity contribution in [3.8, 4) is 11.9 Å². The zero-order valence-electron chi connectivity index (χ0n) is 11.6. The largest absolute Gasteiger partial charge is 0.424 e. The number of rotatable bonds is 1. The second-order valence-electron chi connectivity index (χ2n) is 4.99. The van der Waals surface area contributed by atoms with Crippen LogP contribution in [0.1, 0.15) is 22.6 Å². The predicted octanol–water partition coefficient (Wildman–Crippen LogP) is 0.590. The molecule has 4 N–H and O–H groups in total. The minimum atomic E-state index is -0.695. The van der Waals surface area contributed by atoms with Crippen molar-refractivity contribution in [2.45, 2.75) is 12.8 Å². The van der Waals surface area contributed by atoms with Gasteiger partial charge in [0, 0.05) is 0 Å². The van der Waals surface area contributed by atoms with Crippen molar-refractivity contribution >= 4 is 0 Å². The molecule has 0 bridgehead atoms. The Hall–Kier alpha value is -3.27. The maximum atomic E-state index is 12.2. The molecule has 2 heterocycles. The van der Waals surface area contributed by atoms with Crippen molar-refractivity contribution in [1.29, 1.82) is 5.26 Å². The van der Waals surface area contributed by atoms with E-state index in [9.17, 15) is 14.9 Å². The van der Waals surface area contributed by atoms with E-state index in [1.807, 2.05) is 37.3 Å². The number of allylic oxidation sites excluding steroid dienone is 1. The lowest BCUT2D eigenvalue weighted by atomic mass is 9.85. The molecule has 2 aromatic rings. The Bertz CT molecular complexity index is 929. The van der Waals surface area contributed by atoms with Gasteiger partial charge in [0.05, 0.1) is 11.5 Å². The van der Waals surface area contributed by atoms with Crippen LogP contribution < -0.4 is 21.7 Å². The third kappa shape index (κ3) is 2.07. The van der Waals surface area contributed by atoms with Crippen LogP contribution in [0.3, 0.4) is 0 Å². The number of nitrogens with two attached hydrogens (primary N) is 1. The first kappa shape index (κ1) is 13.7. The van der Waals surface area contributed by atoms with E-state index < -0.39 is 17.2 Å².